The van der Waals surface area contributed by atoms with Crippen LogP contribution in [0.1, 0.15) is 26.7 Å². The fraction of sp³-hybridized carbons (Fsp3) is 0.292. The number of hydrogen-bond donors (Lipinski definition) is 1. The van der Waals surface area contributed by atoms with E-state index in [2.05, 4.69) is 29.4 Å². The quantitative estimate of drug-likeness (QED) is 0.439. The molecule has 0 saturated heterocycles. The zero-order valence-electron chi connectivity index (χ0n) is 18.0. The van der Waals surface area contributed by atoms with Gasteiger partial charge in [0.2, 0.25) is 11.8 Å². The van der Waals surface area contributed by atoms with Crippen LogP contribution in [-0.2, 0) is 17.8 Å². The molecule has 7 heteroatoms. The number of anilines is 1. The molecular formula is C24H26N4O3. The van der Waals surface area contributed by atoms with Crippen LogP contribution in [0, 0.1) is 5.92 Å². The third-order valence-corrected chi connectivity index (χ3v) is 4.83. The number of carbonyl (C=O) groups is 1. The topological polar surface area (TPSA) is 82.2 Å². The Bertz CT molecular complexity index is 1180. The maximum atomic E-state index is 12.8. The summed E-state index contributed by atoms with van der Waals surface area (Å²) in [5.74, 6) is 2.06. The first-order chi connectivity index (χ1) is 15.0. The number of ether oxygens (including phenoxy) is 1. The Morgan fingerprint density at radius 3 is 2.65 bits per heavy atom. The first kappa shape index (κ1) is 20.7. The molecule has 0 radical (unpaired) electrons. The Morgan fingerprint density at radius 1 is 1.13 bits per heavy atom. The summed E-state index contributed by atoms with van der Waals surface area (Å²) in [7, 11) is 0. The molecule has 0 aliphatic rings. The van der Waals surface area contributed by atoms with Gasteiger partial charge in [0.05, 0.1) is 6.61 Å². The number of carbonyl (C=O) groups excluding carboxylic acids is 1. The van der Waals surface area contributed by atoms with E-state index in [9.17, 15) is 4.79 Å². The minimum Gasteiger partial charge on any atom is -0.494 e. The van der Waals surface area contributed by atoms with Crippen LogP contribution >= 0.6 is 0 Å². The van der Waals surface area contributed by atoms with E-state index >= 15 is 0 Å². The van der Waals surface area contributed by atoms with Crippen molar-refractivity contribution in [2.24, 2.45) is 5.92 Å². The molecule has 2 heterocycles. The molecule has 0 spiro atoms. The highest BCUT2D eigenvalue weighted by atomic mass is 16.5. The van der Waals surface area contributed by atoms with Crippen molar-refractivity contribution >= 4 is 22.5 Å². The van der Waals surface area contributed by atoms with E-state index < -0.39 is 0 Å². The standard InChI is InChI=1S/C24H26N4O3/c1-4-30-19-11-9-18(10-12-19)25-22(29)15-28-20-8-6-5-7-17(20)14-21(28)24-27-26-23(31-24)13-16(2)3/h5-12,14,16H,4,13,15H2,1-3H3,(H,25,29). The molecule has 160 valence electrons. The van der Waals surface area contributed by atoms with Gasteiger partial charge in [0, 0.05) is 23.0 Å². The molecular weight excluding hydrogens is 392 g/mol. The number of benzene rings is 2. The summed E-state index contributed by atoms with van der Waals surface area (Å²) in [5, 5.41) is 12.4. The lowest BCUT2D eigenvalue weighted by Gasteiger charge is -2.10. The van der Waals surface area contributed by atoms with E-state index in [1.54, 1.807) is 0 Å². The summed E-state index contributed by atoms with van der Waals surface area (Å²) in [5.41, 5.74) is 2.37. The van der Waals surface area contributed by atoms with Gasteiger partial charge in [-0.05, 0) is 49.2 Å². The normalized spacial score (nSPS) is 11.2. The van der Waals surface area contributed by atoms with E-state index in [0.717, 1.165) is 22.3 Å². The van der Waals surface area contributed by atoms with Crippen LogP contribution in [0.2, 0.25) is 0 Å². The summed E-state index contributed by atoms with van der Waals surface area (Å²) in [6.45, 7) is 6.86. The maximum absolute atomic E-state index is 12.8. The Balaban J connectivity index is 1.59. The highest BCUT2D eigenvalue weighted by Crippen LogP contribution is 2.28. The fourth-order valence-corrected chi connectivity index (χ4v) is 3.49. The largest absolute Gasteiger partial charge is 0.494 e. The third-order valence-electron chi connectivity index (χ3n) is 4.83. The number of aromatic nitrogens is 3. The van der Waals surface area contributed by atoms with Gasteiger partial charge in [-0.25, -0.2) is 0 Å². The van der Waals surface area contributed by atoms with E-state index in [4.69, 9.17) is 9.15 Å². The van der Waals surface area contributed by atoms with E-state index in [1.165, 1.54) is 0 Å². The van der Waals surface area contributed by atoms with Gasteiger partial charge in [-0.3, -0.25) is 4.79 Å². The monoisotopic (exact) mass is 418 g/mol. The zero-order chi connectivity index (χ0) is 21.8. The Morgan fingerprint density at radius 2 is 1.90 bits per heavy atom. The molecule has 7 nitrogen and oxygen atoms in total. The number of nitrogens with zero attached hydrogens (tertiary/aromatic N) is 3. The SMILES string of the molecule is CCOc1ccc(NC(=O)Cn2c(-c3nnc(CC(C)C)o3)cc3ccccc32)cc1. The summed E-state index contributed by atoms with van der Waals surface area (Å²) in [4.78, 5) is 12.8. The Hall–Kier alpha value is -3.61. The Kier molecular flexibility index (Phi) is 6.02. The van der Waals surface area contributed by atoms with Gasteiger partial charge in [0.1, 0.15) is 18.0 Å². The van der Waals surface area contributed by atoms with Crippen LogP contribution in [0.15, 0.2) is 59.0 Å². The highest BCUT2D eigenvalue weighted by Gasteiger charge is 2.18. The molecule has 4 aromatic rings. The second-order valence-electron chi connectivity index (χ2n) is 7.78. The van der Waals surface area contributed by atoms with Gasteiger partial charge in [0.15, 0.2) is 0 Å². The molecule has 0 aliphatic heterocycles. The zero-order valence-corrected chi connectivity index (χ0v) is 18.0. The lowest BCUT2D eigenvalue weighted by Crippen LogP contribution is -2.19. The van der Waals surface area contributed by atoms with Crippen LogP contribution in [0.5, 0.6) is 5.75 Å². The summed E-state index contributed by atoms with van der Waals surface area (Å²) >= 11 is 0. The second kappa shape index (κ2) is 9.04. The van der Waals surface area contributed by atoms with Crippen LogP contribution in [0.4, 0.5) is 5.69 Å². The van der Waals surface area contributed by atoms with Crippen molar-refractivity contribution < 1.29 is 13.9 Å². The van der Waals surface area contributed by atoms with Gasteiger partial charge >= 0.3 is 0 Å². The van der Waals surface area contributed by atoms with Crippen molar-refractivity contribution in [3.63, 3.8) is 0 Å². The lowest BCUT2D eigenvalue weighted by atomic mass is 10.1. The van der Waals surface area contributed by atoms with Gasteiger partial charge < -0.3 is 19.0 Å². The van der Waals surface area contributed by atoms with Gasteiger partial charge in [-0.2, -0.15) is 0 Å². The van der Waals surface area contributed by atoms with Gasteiger partial charge in [0.25, 0.3) is 5.89 Å². The predicted octanol–water partition coefficient (Wildman–Crippen LogP) is 4.93. The Labute approximate surface area is 181 Å². The number of para-hydroxylation sites is 1. The minimum atomic E-state index is -0.145. The van der Waals surface area contributed by atoms with Crippen molar-refractivity contribution in [2.45, 2.75) is 33.7 Å². The molecule has 0 atom stereocenters. The smallest absolute Gasteiger partial charge is 0.264 e. The van der Waals surface area contributed by atoms with Crippen LogP contribution in [0.25, 0.3) is 22.5 Å². The van der Waals surface area contributed by atoms with Crippen molar-refractivity contribution in [2.75, 3.05) is 11.9 Å². The third kappa shape index (κ3) is 4.77. The summed E-state index contributed by atoms with van der Waals surface area (Å²) in [6.07, 6.45) is 0.714. The lowest BCUT2D eigenvalue weighted by molar-refractivity contribution is -0.116. The second-order valence-corrected chi connectivity index (χ2v) is 7.78. The molecule has 0 fully saturated rings. The highest BCUT2D eigenvalue weighted by molar-refractivity contribution is 5.93. The van der Waals surface area contributed by atoms with Crippen molar-refractivity contribution in [3.8, 4) is 17.3 Å². The number of nitrogens with one attached hydrogen (secondary N) is 1. The number of hydrogen-bond acceptors (Lipinski definition) is 5. The summed E-state index contributed by atoms with van der Waals surface area (Å²) < 4.78 is 13.3. The number of rotatable bonds is 8. The molecule has 0 aliphatic carbocycles. The van der Waals surface area contributed by atoms with Gasteiger partial charge in [-0.1, -0.05) is 32.0 Å². The first-order valence-corrected chi connectivity index (χ1v) is 10.5. The van der Waals surface area contributed by atoms with Crippen LogP contribution in [0.3, 0.4) is 0 Å². The van der Waals surface area contributed by atoms with Crippen LogP contribution < -0.4 is 10.1 Å². The molecule has 31 heavy (non-hydrogen) atoms. The van der Waals surface area contributed by atoms with Crippen LogP contribution in [-0.4, -0.2) is 27.3 Å². The molecule has 1 amide bonds. The minimum absolute atomic E-state index is 0.123. The van der Waals surface area contributed by atoms with Crippen molar-refractivity contribution in [1.82, 2.24) is 14.8 Å². The molecule has 4 rings (SSSR count). The molecule has 0 bridgehead atoms. The molecule has 0 unspecified atom stereocenters. The summed E-state index contributed by atoms with van der Waals surface area (Å²) in [6, 6.07) is 17.2. The average Bonchev–Trinajstić information content (AvgIpc) is 3.34. The van der Waals surface area contributed by atoms with Crippen molar-refractivity contribution in [3.05, 3.63) is 60.5 Å². The van der Waals surface area contributed by atoms with E-state index in [1.807, 2.05) is 66.1 Å². The fourth-order valence-electron chi connectivity index (χ4n) is 3.49. The molecule has 2 aromatic carbocycles. The number of amides is 1. The molecule has 1 N–H and O–H groups in total. The van der Waals surface area contributed by atoms with Gasteiger partial charge in [-0.15, -0.1) is 10.2 Å². The van der Waals surface area contributed by atoms with Crippen molar-refractivity contribution in [1.29, 1.82) is 0 Å². The average molecular weight is 418 g/mol. The maximum Gasteiger partial charge on any atom is 0.264 e. The van der Waals surface area contributed by atoms with E-state index in [-0.39, 0.29) is 12.5 Å². The first-order valence-electron chi connectivity index (χ1n) is 10.5. The van der Waals surface area contributed by atoms with E-state index in [0.29, 0.717) is 36.4 Å². The predicted molar refractivity (Wildman–Crippen MR) is 120 cm³/mol. The number of fused-ring (bicyclic) bond motifs is 1. The molecule has 0 saturated carbocycles. The molecule has 2 aromatic heterocycles.